The summed E-state index contributed by atoms with van der Waals surface area (Å²) in [4.78, 5) is 16.2. The quantitative estimate of drug-likeness (QED) is 0.267. The Morgan fingerprint density at radius 2 is 1.92 bits per heavy atom. The number of esters is 1. The Labute approximate surface area is 171 Å². The van der Waals surface area contributed by atoms with E-state index in [0.29, 0.717) is 18.7 Å². The van der Waals surface area contributed by atoms with Crippen molar-refractivity contribution in [2.45, 2.75) is 26.8 Å². The van der Waals surface area contributed by atoms with E-state index in [4.69, 9.17) is 9.15 Å². The first-order valence-corrected chi connectivity index (χ1v) is 8.53. The van der Waals surface area contributed by atoms with Crippen LogP contribution in [0.2, 0.25) is 0 Å². The van der Waals surface area contributed by atoms with Crippen molar-refractivity contribution in [3.8, 4) is 0 Å². The Hall–Kier alpha value is -2.03. The number of benzene rings is 1. The molecule has 2 aromatic rings. The third-order valence-electron chi connectivity index (χ3n) is 3.47. The van der Waals surface area contributed by atoms with E-state index in [2.05, 4.69) is 15.6 Å². The van der Waals surface area contributed by atoms with Crippen LogP contribution < -0.4 is 10.6 Å². The zero-order valence-electron chi connectivity index (χ0n) is 15.2. The van der Waals surface area contributed by atoms with E-state index in [1.54, 1.807) is 25.3 Å². The summed E-state index contributed by atoms with van der Waals surface area (Å²) in [6, 6.07) is 11.1. The zero-order chi connectivity index (χ0) is 17.9. The Kier molecular flexibility index (Phi) is 10.5. The molecule has 0 aliphatic rings. The molecule has 0 bridgehead atoms. The van der Waals surface area contributed by atoms with E-state index >= 15 is 0 Å². The number of carbonyl (C=O) groups is 1. The summed E-state index contributed by atoms with van der Waals surface area (Å²) >= 11 is 0. The third-order valence-corrected chi connectivity index (χ3v) is 3.47. The van der Waals surface area contributed by atoms with E-state index in [-0.39, 0.29) is 29.9 Å². The maximum Gasteiger partial charge on any atom is 0.338 e. The van der Waals surface area contributed by atoms with Gasteiger partial charge in [0, 0.05) is 19.5 Å². The van der Waals surface area contributed by atoms with Crippen LogP contribution in [0, 0.1) is 0 Å². The van der Waals surface area contributed by atoms with Crippen LogP contribution in [-0.4, -0.2) is 31.6 Å². The second kappa shape index (κ2) is 12.3. The number of aliphatic imine (C=N–C) groups is 1. The number of nitrogens with zero attached hydrogens (tertiary/aromatic N) is 1. The molecule has 0 saturated heterocycles. The van der Waals surface area contributed by atoms with E-state index in [1.807, 2.05) is 31.2 Å². The van der Waals surface area contributed by atoms with Crippen LogP contribution in [-0.2, 0) is 17.7 Å². The molecular weight excluding hydrogens is 445 g/mol. The summed E-state index contributed by atoms with van der Waals surface area (Å²) in [5.74, 6) is 1.40. The third kappa shape index (κ3) is 7.47. The number of guanidine groups is 1. The van der Waals surface area contributed by atoms with E-state index in [0.717, 1.165) is 36.8 Å². The molecule has 0 fully saturated rings. The lowest BCUT2D eigenvalue weighted by atomic mass is 10.1. The minimum atomic E-state index is -0.300. The highest BCUT2D eigenvalue weighted by molar-refractivity contribution is 14.0. The van der Waals surface area contributed by atoms with Crippen molar-refractivity contribution in [3.63, 3.8) is 0 Å². The van der Waals surface area contributed by atoms with Crippen LogP contribution in [0.15, 0.2) is 52.1 Å². The number of hydrogen-bond acceptors (Lipinski definition) is 4. The summed E-state index contributed by atoms with van der Waals surface area (Å²) in [6.45, 7) is 6.25. The minimum Gasteiger partial charge on any atom is -0.469 e. The zero-order valence-corrected chi connectivity index (χ0v) is 17.5. The SMILES string of the molecule is CCNC(=NCc1ccc(C(=O)OCC)cc1)NCCc1ccco1.I. The van der Waals surface area contributed by atoms with Crippen molar-refractivity contribution in [2.24, 2.45) is 4.99 Å². The van der Waals surface area contributed by atoms with Crippen molar-refractivity contribution in [3.05, 3.63) is 59.5 Å². The average Bonchev–Trinajstić information content (AvgIpc) is 3.14. The second-order valence-electron chi connectivity index (χ2n) is 5.37. The molecule has 2 rings (SSSR count). The molecule has 1 heterocycles. The maximum absolute atomic E-state index is 11.6. The molecule has 0 atom stereocenters. The largest absolute Gasteiger partial charge is 0.469 e. The lowest BCUT2D eigenvalue weighted by molar-refractivity contribution is 0.0526. The molecule has 1 aromatic carbocycles. The standard InChI is InChI=1S/C19H25N3O3.HI/c1-3-20-19(21-12-11-17-6-5-13-25-17)22-14-15-7-9-16(10-8-15)18(23)24-4-2;/h5-10,13H,3-4,11-12,14H2,1-2H3,(H2,20,21,22);1H. The molecule has 6 nitrogen and oxygen atoms in total. The van der Waals surface area contributed by atoms with Gasteiger partial charge in [-0.3, -0.25) is 0 Å². The highest BCUT2D eigenvalue weighted by Gasteiger charge is 2.05. The molecular formula is C19H26IN3O3. The predicted octanol–water partition coefficient (Wildman–Crippen LogP) is 3.37. The van der Waals surface area contributed by atoms with Gasteiger partial charge in [-0.2, -0.15) is 0 Å². The number of hydrogen-bond donors (Lipinski definition) is 2. The number of halogens is 1. The molecule has 0 unspecified atom stereocenters. The molecule has 0 amide bonds. The van der Waals surface area contributed by atoms with Gasteiger partial charge in [-0.1, -0.05) is 12.1 Å². The summed E-state index contributed by atoms with van der Waals surface area (Å²) in [5.41, 5.74) is 1.58. The predicted molar refractivity (Wildman–Crippen MR) is 113 cm³/mol. The lowest BCUT2D eigenvalue weighted by Crippen LogP contribution is -2.38. The monoisotopic (exact) mass is 471 g/mol. The topological polar surface area (TPSA) is 75.9 Å². The van der Waals surface area contributed by atoms with E-state index in [9.17, 15) is 4.79 Å². The lowest BCUT2D eigenvalue weighted by Gasteiger charge is -2.10. The van der Waals surface area contributed by atoms with Gasteiger partial charge in [-0.25, -0.2) is 9.79 Å². The molecule has 7 heteroatoms. The molecule has 0 radical (unpaired) electrons. The van der Waals surface area contributed by atoms with Crippen LogP contribution in [0.4, 0.5) is 0 Å². The normalized spacial score (nSPS) is 10.8. The maximum atomic E-state index is 11.6. The molecule has 0 aliphatic carbocycles. The van der Waals surface area contributed by atoms with Gasteiger partial charge in [0.1, 0.15) is 5.76 Å². The minimum absolute atomic E-state index is 0. The van der Waals surface area contributed by atoms with Crippen molar-refractivity contribution in [1.29, 1.82) is 0 Å². The van der Waals surface area contributed by atoms with Crippen molar-refractivity contribution < 1.29 is 13.9 Å². The molecule has 142 valence electrons. The van der Waals surface area contributed by atoms with Crippen LogP contribution in [0.25, 0.3) is 0 Å². The highest BCUT2D eigenvalue weighted by atomic mass is 127. The molecule has 0 aliphatic heterocycles. The summed E-state index contributed by atoms with van der Waals surface area (Å²) in [5, 5.41) is 6.49. The molecule has 26 heavy (non-hydrogen) atoms. The van der Waals surface area contributed by atoms with Crippen LogP contribution in [0.3, 0.4) is 0 Å². The van der Waals surface area contributed by atoms with Gasteiger partial charge >= 0.3 is 5.97 Å². The van der Waals surface area contributed by atoms with Crippen molar-refractivity contribution in [1.82, 2.24) is 10.6 Å². The Bertz CT molecular complexity index is 670. The van der Waals surface area contributed by atoms with Crippen molar-refractivity contribution in [2.75, 3.05) is 19.7 Å². The van der Waals surface area contributed by atoms with Gasteiger partial charge in [0.2, 0.25) is 0 Å². The Morgan fingerprint density at radius 3 is 2.54 bits per heavy atom. The second-order valence-corrected chi connectivity index (χ2v) is 5.37. The molecule has 0 saturated carbocycles. The first-order valence-electron chi connectivity index (χ1n) is 8.53. The highest BCUT2D eigenvalue weighted by Crippen LogP contribution is 2.07. The van der Waals surface area contributed by atoms with E-state index in [1.165, 1.54) is 0 Å². The number of ether oxygens (including phenoxy) is 1. The van der Waals surface area contributed by atoms with Gasteiger partial charge in [-0.05, 0) is 43.7 Å². The first-order chi connectivity index (χ1) is 12.2. The Balaban J connectivity index is 0.00000338. The van der Waals surface area contributed by atoms with Crippen LogP contribution in [0.1, 0.15) is 35.5 Å². The Morgan fingerprint density at radius 1 is 1.15 bits per heavy atom. The number of rotatable bonds is 8. The van der Waals surface area contributed by atoms with Crippen molar-refractivity contribution >= 4 is 35.9 Å². The summed E-state index contributed by atoms with van der Waals surface area (Å²) in [6.07, 6.45) is 2.47. The average molecular weight is 471 g/mol. The molecule has 0 spiro atoms. The van der Waals surface area contributed by atoms with E-state index < -0.39 is 0 Å². The fourth-order valence-corrected chi connectivity index (χ4v) is 2.23. The van der Waals surface area contributed by atoms with Gasteiger partial charge in [0.25, 0.3) is 0 Å². The number of carbonyl (C=O) groups excluding carboxylic acids is 1. The number of nitrogens with one attached hydrogen (secondary N) is 2. The van der Waals surface area contributed by atoms with Crippen LogP contribution in [0.5, 0.6) is 0 Å². The summed E-state index contributed by atoms with van der Waals surface area (Å²) in [7, 11) is 0. The molecule has 1 aromatic heterocycles. The van der Waals surface area contributed by atoms with Gasteiger partial charge in [0.15, 0.2) is 5.96 Å². The summed E-state index contributed by atoms with van der Waals surface area (Å²) < 4.78 is 10.3. The van der Waals surface area contributed by atoms with Gasteiger partial charge in [0.05, 0.1) is 25.0 Å². The molecule has 2 N–H and O–H groups in total. The van der Waals surface area contributed by atoms with Gasteiger partial charge < -0.3 is 19.8 Å². The van der Waals surface area contributed by atoms with Gasteiger partial charge in [-0.15, -0.1) is 24.0 Å². The van der Waals surface area contributed by atoms with Crippen LogP contribution >= 0.6 is 24.0 Å². The first kappa shape index (κ1) is 22.0. The fraction of sp³-hybridized carbons (Fsp3) is 0.368. The number of furan rings is 1. The fourth-order valence-electron chi connectivity index (χ4n) is 2.23. The smallest absolute Gasteiger partial charge is 0.338 e.